The smallest absolute Gasteiger partial charge is 0.0901 e. The minimum Gasteiger partial charge on any atom is -0.0901 e. The molecule has 6 aromatic carbocycles. The van der Waals surface area contributed by atoms with Crippen LogP contribution in [-0.4, -0.2) is 0 Å². The first-order chi connectivity index (χ1) is 19.7. The molecule has 0 heterocycles. The fourth-order valence-corrected chi connectivity index (χ4v) is 8.16. The van der Waals surface area contributed by atoms with Crippen LogP contribution in [0.1, 0.15) is 11.1 Å². The van der Waals surface area contributed by atoms with E-state index < -0.39 is 0 Å². The summed E-state index contributed by atoms with van der Waals surface area (Å²) in [6.45, 7) is 4.43. The second-order valence-electron chi connectivity index (χ2n) is 9.88. The molecular weight excluding hydrogens is 521 g/mol. The SMILES string of the molecule is Cc1cc(Sc2ccc([S+](c3ccccc3)c3ccc(-c4ccccc4)c(C)c3)cc2)ccc1-c1ccccc1. The van der Waals surface area contributed by atoms with Crippen molar-refractivity contribution in [2.45, 2.75) is 38.3 Å². The lowest BCUT2D eigenvalue weighted by atomic mass is 10.0. The molecule has 194 valence electrons. The van der Waals surface area contributed by atoms with Gasteiger partial charge >= 0.3 is 0 Å². The van der Waals surface area contributed by atoms with Gasteiger partial charge in [-0.2, -0.15) is 0 Å². The monoisotopic (exact) mass is 551 g/mol. The Morgan fingerprint density at radius 3 is 1.40 bits per heavy atom. The minimum absolute atomic E-state index is 0.182. The number of aryl methyl sites for hydroxylation is 2. The molecule has 0 aliphatic rings. The number of hydrogen-bond donors (Lipinski definition) is 0. The van der Waals surface area contributed by atoms with Crippen molar-refractivity contribution in [3.8, 4) is 22.3 Å². The molecule has 6 rings (SSSR count). The quantitative estimate of drug-likeness (QED) is 0.178. The normalized spacial score (nSPS) is 11.8. The van der Waals surface area contributed by atoms with E-state index in [4.69, 9.17) is 0 Å². The van der Waals surface area contributed by atoms with Gasteiger partial charge in [0.1, 0.15) is 0 Å². The Kier molecular flexibility index (Phi) is 7.90. The molecule has 6 aromatic rings. The second kappa shape index (κ2) is 12.0. The van der Waals surface area contributed by atoms with E-state index in [9.17, 15) is 0 Å². The average molecular weight is 552 g/mol. The van der Waals surface area contributed by atoms with Gasteiger partial charge in [0.15, 0.2) is 14.7 Å². The first-order valence-corrected chi connectivity index (χ1v) is 15.6. The minimum atomic E-state index is -0.182. The van der Waals surface area contributed by atoms with Gasteiger partial charge in [-0.25, -0.2) is 0 Å². The van der Waals surface area contributed by atoms with Gasteiger partial charge in [-0.15, -0.1) is 0 Å². The Morgan fingerprint density at radius 1 is 0.400 bits per heavy atom. The molecule has 2 heteroatoms. The standard InChI is InChI=1S/C38H31S2/c1-28-26-33(20-24-37(28)30-12-6-3-7-13-30)39-32-18-21-35(22-19-32)40(34-16-10-5-11-17-34)36-23-25-38(29(2)27-36)31-14-8-4-9-15-31/h3-27H,1-2H3/q+1. The van der Waals surface area contributed by atoms with Crippen LogP contribution >= 0.6 is 11.8 Å². The summed E-state index contributed by atoms with van der Waals surface area (Å²) in [5.41, 5.74) is 7.72. The van der Waals surface area contributed by atoms with Crippen LogP contribution < -0.4 is 0 Å². The van der Waals surface area contributed by atoms with Gasteiger partial charge in [0, 0.05) is 9.79 Å². The van der Waals surface area contributed by atoms with Crippen LogP contribution in [0.5, 0.6) is 0 Å². The first kappa shape index (κ1) is 26.3. The van der Waals surface area contributed by atoms with Crippen LogP contribution in [0.4, 0.5) is 0 Å². The highest BCUT2D eigenvalue weighted by Gasteiger charge is 2.29. The number of hydrogen-bond acceptors (Lipinski definition) is 1. The fourth-order valence-electron chi connectivity index (χ4n) is 5.09. The zero-order valence-corrected chi connectivity index (χ0v) is 24.4. The van der Waals surface area contributed by atoms with E-state index in [1.165, 1.54) is 57.9 Å². The zero-order chi connectivity index (χ0) is 27.3. The molecule has 0 spiro atoms. The summed E-state index contributed by atoms with van der Waals surface area (Å²) < 4.78 is 0. The molecule has 0 fully saturated rings. The van der Waals surface area contributed by atoms with Crippen molar-refractivity contribution < 1.29 is 0 Å². The van der Waals surface area contributed by atoms with E-state index in [1.807, 2.05) is 11.8 Å². The Hall–Kier alpha value is -3.98. The van der Waals surface area contributed by atoms with E-state index in [1.54, 1.807) is 0 Å². The van der Waals surface area contributed by atoms with Crippen LogP contribution in [0.2, 0.25) is 0 Å². The van der Waals surface area contributed by atoms with Crippen LogP contribution in [0, 0.1) is 13.8 Å². The second-order valence-corrected chi connectivity index (χ2v) is 13.1. The molecule has 0 N–H and O–H groups in total. The lowest BCUT2D eigenvalue weighted by molar-refractivity contribution is 1.27. The molecule has 1 atom stereocenters. The third-order valence-electron chi connectivity index (χ3n) is 7.08. The molecular formula is C38H31S2+. The maximum absolute atomic E-state index is 2.37. The summed E-state index contributed by atoms with van der Waals surface area (Å²) in [7, 11) is -0.182. The predicted molar refractivity (Wildman–Crippen MR) is 172 cm³/mol. The van der Waals surface area contributed by atoms with E-state index in [0.29, 0.717) is 0 Å². The summed E-state index contributed by atoms with van der Waals surface area (Å²) in [4.78, 5) is 6.53. The largest absolute Gasteiger partial charge is 0.166 e. The Labute approximate surface area is 245 Å². The van der Waals surface area contributed by atoms with E-state index in [0.717, 1.165) is 0 Å². The Bertz CT molecular complexity index is 1710. The highest BCUT2D eigenvalue weighted by molar-refractivity contribution is 7.99. The van der Waals surface area contributed by atoms with E-state index in [-0.39, 0.29) is 10.9 Å². The molecule has 0 radical (unpaired) electrons. The van der Waals surface area contributed by atoms with E-state index in [2.05, 4.69) is 166 Å². The highest BCUT2D eigenvalue weighted by atomic mass is 32.2. The van der Waals surface area contributed by atoms with Crippen molar-refractivity contribution in [1.29, 1.82) is 0 Å². The Morgan fingerprint density at radius 2 is 0.850 bits per heavy atom. The molecule has 0 aromatic heterocycles. The first-order valence-electron chi connectivity index (χ1n) is 13.6. The molecule has 0 saturated heterocycles. The summed E-state index contributed by atoms with van der Waals surface area (Å²) in [6, 6.07) is 55.1. The lowest BCUT2D eigenvalue weighted by Gasteiger charge is -2.12. The van der Waals surface area contributed by atoms with Gasteiger partial charge in [0.2, 0.25) is 0 Å². The van der Waals surface area contributed by atoms with Crippen LogP contribution in [0.25, 0.3) is 22.3 Å². The molecule has 1 unspecified atom stereocenters. The summed E-state index contributed by atoms with van der Waals surface area (Å²) in [5.74, 6) is 0. The molecule has 0 aliphatic carbocycles. The maximum atomic E-state index is 2.37. The van der Waals surface area contributed by atoms with Gasteiger partial charge in [0.05, 0.1) is 10.9 Å². The Balaban J connectivity index is 1.28. The van der Waals surface area contributed by atoms with Gasteiger partial charge in [-0.1, -0.05) is 96.7 Å². The van der Waals surface area contributed by atoms with Crippen molar-refractivity contribution in [3.63, 3.8) is 0 Å². The van der Waals surface area contributed by atoms with Crippen LogP contribution in [0.15, 0.2) is 176 Å². The van der Waals surface area contributed by atoms with Crippen molar-refractivity contribution in [2.24, 2.45) is 0 Å². The third-order valence-corrected chi connectivity index (χ3v) is 10.3. The summed E-state index contributed by atoms with van der Waals surface area (Å²) >= 11 is 1.82. The molecule has 0 amide bonds. The third kappa shape index (κ3) is 5.79. The van der Waals surface area contributed by atoms with Crippen molar-refractivity contribution in [1.82, 2.24) is 0 Å². The van der Waals surface area contributed by atoms with E-state index >= 15 is 0 Å². The van der Waals surface area contributed by atoms with Crippen molar-refractivity contribution in [2.75, 3.05) is 0 Å². The lowest BCUT2D eigenvalue weighted by Crippen LogP contribution is -2.05. The fraction of sp³-hybridized carbons (Fsp3) is 0.0526. The molecule has 40 heavy (non-hydrogen) atoms. The number of benzene rings is 6. The predicted octanol–water partition coefficient (Wildman–Crippen LogP) is 10.9. The molecule has 0 saturated carbocycles. The van der Waals surface area contributed by atoms with Gasteiger partial charge in [-0.05, 0) is 114 Å². The topological polar surface area (TPSA) is 0 Å². The van der Waals surface area contributed by atoms with Crippen LogP contribution in [-0.2, 0) is 10.9 Å². The maximum Gasteiger partial charge on any atom is 0.166 e. The number of rotatable bonds is 7. The van der Waals surface area contributed by atoms with Gasteiger partial charge in [0.25, 0.3) is 0 Å². The molecule has 0 aliphatic heterocycles. The summed E-state index contributed by atoms with van der Waals surface area (Å²) in [5, 5.41) is 0. The van der Waals surface area contributed by atoms with Crippen molar-refractivity contribution >= 4 is 22.7 Å². The van der Waals surface area contributed by atoms with Gasteiger partial charge in [-0.3, -0.25) is 0 Å². The highest BCUT2D eigenvalue weighted by Crippen LogP contribution is 2.37. The van der Waals surface area contributed by atoms with Gasteiger partial charge < -0.3 is 0 Å². The zero-order valence-electron chi connectivity index (χ0n) is 22.8. The van der Waals surface area contributed by atoms with Crippen molar-refractivity contribution in [3.05, 3.63) is 163 Å². The molecule has 0 nitrogen and oxygen atoms in total. The average Bonchev–Trinajstić information content (AvgIpc) is 3.00. The molecule has 0 bridgehead atoms. The summed E-state index contributed by atoms with van der Waals surface area (Å²) in [6.07, 6.45) is 0. The van der Waals surface area contributed by atoms with Crippen LogP contribution in [0.3, 0.4) is 0 Å².